The fourth-order valence-electron chi connectivity index (χ4n) is 3.14. The van der Waals surface area contributed by atoms with Crippen molar-refractivity contribution in [2.45, 2.75) is 29.7 Å². The van der Waals surface area contributed by atoms with Gasteiger partial charge in [0.25, 0.3) is 0 Å². The first-order valence-corrected chi connectivity index (χ1v) is 10.7. The van der Waals surface area contributed by atoms with E-state index in [9.17, 15) is 25.4 Å². The van der Waals surface area contributed by atoms with Crippen LogP contribution in [0.2, 0.25) is 0 Å². The van der Waals surface area contributed by atoms with Gasteiger partial charge in [-0.05, 0) is 0 Å². The molecule has 0 spiro atoms. The number of aliphatic hydroxyl groups is 3. The molecule has 0 amide bonds. The van der Waals surface area contributed by atoms with Crippen LogP contribution in [0.3, 0.4) is 0 Å². The summed E-state index contributed by atoms with van der Waals surface area (Å²) in [6, 6.07) is 6.37. The first kappa shape index (κ1) is 19.8. The van der Waals surface area contributed by atoms with Gasteiger partial charge in [-0.2, -0.15) is 0 Å². The van der Waals surface area contributed by atoms with Gasteiger partial charge >= 0.3 is 170 Å². The van der Waals surface area contributed by atoms with Crippen molar-refractivity contribution in [3.8, 4) is 0 Å². The summed E-state index contributed by atoms with van der Waals surface area (Å²) in [5, 5.41) is 48.0. The maximum atomic E-state index is 10.8. The van der Waals surface area contributed by atoms with Crippen molar-refractivity contribution in [3.63, 3.8) is 0 Å². The van der Waals surface area contributed by atoms with E-state index in [1.54, 1.807) is 12.1 Å². The molecule has 0 radical (unpaired) electrons. The molecule has 4 N–H and O–H groups in total. The van der Waals surface area contributed by atoms with Crippen LogP contribution < -0.4 is 4.59 Å². The summed E-state index contributed by atoms with van der Waals surface area (Å²) in [4.78, 5) is 18.9. The van der Waals surface area contributed by atoms with Crippen molar-refractivity contribution < 1.29 is 25.0 Å². The van der Waals surface area contributed by atoms with Crippen LogP contribution in [0.15, 0.2) is 30.6 Å². The van der Waals surface area contributed by atoms with Crippen molar-refractivity contribution in [2.75, 3.05) is 6.61 Å². The molecule has 29 heavy (non-hydrogen) atoms. The van der Waals surface area contributed by atoms with Gasteiger partial charge in [-0.1, -0.05) is 0 Å². The molecule has 11 nitrogen and oxygen atoms in total. The third-order valence-corrected chi connectivity index (χ3v) is 6.88. The molecule has 1 aliphatic heterocycles. The monoisotopic (exact) mass is 467 g/mol. The van der Waals surface area contributed by atoms with Gasteiger partial charge in [0.1, 0.15) is 0 Å². The molecule has 152 valence electrons. The number of ether oxygens (including phenoxy) is 1. The number of aliphatic hydroxyl groups excluding tert-OH is 3. The van der Waals surface area contributed by atoms with E-state index in [2.05, 4.69) is 20.2 Å². The van der Waals surface area contributed by atoms with Crippen LogP contribution >= 0.6 is 0 Å². The number of nitro benzene ring substituents is 1. The van der Waals surface area contributed by atoms with Gasteiger partial charge in [-0.25, -0.2) is 0 Å². The summed E-state index contributed by atoms with van der Waals surface area (Å²) in [7, 11) is 0. The Morgan fingerprint density at radius 2 is 1.93 bits per heavy atom. The van der Waals surface area contributed by atoms with E-state index in [1.165, 1.54) is 18.5 Å². The van der Waals surface area contributed by atoms with Gasteiger partial charge in [0.2, 0.25) is 0 Å². The number of non-ortho nitro benzene ring substituents is 1. The van der Waals surface area contributed by atoms with E-state index in [4.69, 9.17) is 4.74 Å². The van der Waals surface area contributed by atoms with Crippen LogP contribution in [0.25, 0.3) is 11.0 Å². The zero-order valence-electron chi connectivity index (χ0n) is 14.9. The molecule has 1 saturated heterocycles. The Morgan fingerprint density at radius 1 is 1.17 bits per heavy atom. The number of aromatic amines is 1. The van der Waals surface area contributed by atoms with E-state index < -0.39 is 35.9 Å². The summed E-state index contributed by atoms with van der Waals surface area (Å²) in [6.45, 7) is -0.417. The SMILES string of the molecule is O=[N+]([O-])c1ccc(C[Se]c2ncnc3c([C@@H]4O[C@H](CO)[C@@H](O)[C@H]4O)[nH]nc23)cc1. The molecular formula is C17H17N5O6Se. The Balaban J connectivity index is 1.55. The van der Waals surface area contributed by atoms with E-state index in [0.717, 1.165) is 10.2 Å². The summed E-state index contributed by atoms with van der Waals surface area (Å²) in [5.41, 5.74) is 2.43. The molecule has 0 bridgehead atoms. The Kier molecular flexibility index (Phi) is 5.54. The predicted molar refractivity (Wildman–Crippen MR) is 101 cm³/mol. The number of rotatable bonds is 6. The first-order chi connectivity index (χ1) is 14.0. The quantitative estimate of drug-likeness (QED) is 0.201. The van der Waals surface area contributed by atoms with Gasteiger partial charge in [0.05, 0.1) is 0 Å². The number of fused-ring (bicyclic) bond motifs is 1. The van der Waals surface area contributed by atoms with Crippen molar-refractivity contribution >= 4 is 36.3 Å². The number of nitrogens with one attached hydrogen (secondary N) is 1. The number of nitrogens with zero attached hydrogens (tertiary/aromatic N) is 4. The molecular weight excluding hydrogens is 449 g/mol. The van der Waals surface area contributed by atoms with Crippen LogP contribution in [0.1, 0.15) is 17.4 Å². The van der Waals surface area contributed by atoms with Gasteiger partial charge in [0, 0.05) is 0 Å². The Labute approximate surface area is 170 Å². The average Bonchev–Trinajstić information content (AvgIpc) is 3.28. The standard InChI is InChI=1S/C17H17N5O6Se/c23-5-10-14(24)15(25)16(28-10)12-11-13(21-20-12)17(19-7-18-11)29-6-8-1-3-9(4-2-8)22(26)27/h1-4,7,10,14-16,23-25H,5-6H2,(H,20,21)/t10-,14-,15-,16+/m1/s1. The molecule has 12 heteroatoms. The Morgan fingerprint density at radius 3 is 2.59 bits per heavy atom. The van der Waals surface area contributed by atoms with Crippen LogP contribution in [-0.2, 0) is 10.1 Å². The fraction of sp³-hybridized carbons (Fsp3) is 0.353. The third-order valence-electron chi connectivity index (χ3n) is 4.68. The molecule has 4 rings (SSSR count). The fourth-order valence-corrected chi connectivity index (χ4v) is 5.02. The molecule has 2 aromatic heterocycles. The average molecular weight is 466 g/mol. The number of aromatic nitrogens is 4. The second kappa shape index (κ2) is 8.11. The van der Waals surface area contributed by atoms with Gasteiger partial charge < -0.3 is 0 Å². The summed E-state index contributed by atoms with van der Waals surface area (Å²) < 4.78 is 6.29. The molecule has 1 aromatic carbocycles. The Bertz CT molecular complexity index is 1030. The van der Waals surface area contributed by atoms with E-state index in [0.29, 0.717) is 22.0 Å². The van der Waals surface area contributed by atoms with Crippen LogP contribution in [0, 0.1) is 10.1 Å². The summed E-state index contributed by atoms with van der Waals surface area (Å²) >= 11 is -0.119. The van der Waals surface area contributed by atoms with Crippen molar-refractivity contribution in [3.05, 3.63) is 52.0 Å². The molecule has 1 aliphatic rings. The number of nitro groups is 1. The zero-order chi connectivity index (χ0) is 20.5. The number of H-pyrrole nitrogens is 1. The summed E-state index contributed by atoms with van der Waals surface area (Å²) in [5.74, 6) is 0. The van der Waals surface area contributed by atoms with Crippen molar-refractivity contribution in [2.24, 2.45) is 0 Å². The Hall–Kier alpha value is -2.47. The topological polar surface area (TPSA) is 168 Å². The number of hydrogen-bond acceptors (Lipinski definition) is 9. The normalized spacial score (nSPS) is 24.2. The molecule has 1 fully saturated rings. The zero-order valence-corrected chi connectivity index (χ0v) is 16.6. The molecule has 3 heterocycles. The third kappa shape index (κ3) is 3.73. The van der Waals surface area contributed by atoms with Crippen molar-refractivity contribution in [1.82, 2.24) is 20.2 Å². The predicted octanol–water partition coefficient (Wildman–Crippen LogP) is -1.06. The number of hydrogen-bond donors (Lipinski definition) is 4. The van der Waals surface area contributed by atoms with E-state index >= 15 is 0 Å². The summed E-state index contributed by atoms with van der Waals surface area (Å²) in [6.07, 6.45) is -2.82. The van der Waals surface area contributed by atoms with Crippen LogP contribution in [0.4, 0.5) is 5.69 Å². The minimum atomic E-state index is -1.22. The van der Waals surface area contributed by atoms with Crippen LogP contribution in [-0.4, -0.2) is 80.3 Å². The second-order valence-corrected chi connectivity index (χ2v) is 8.51. The molecule has 3 aromatic rings. The number of benzene rings is 1. The van der Waals surface area contributed by atoms with E-state index in [-0.39, 0.29) is 20.6 Å². The molecule has 0 saturated carbocycles. The van der Waals surface area contributed by atoms with Crippen LogP contribution in [0.5, 0.6) is 0 Å². The van der Waals surface area contributed by atoms with Crippen molar-refractivity contribution in [1.29, 1.82) is 0 Å². The van der Waals surface area contributed by atoms with Gasteiger partial charge in [0.15, 0.2) is 0 Å². The molecule has 4 atom stereocenters. The maximum absolute atomic E-state index is 10.8. The van der Waals surface area contributed by atoms with Gasteiger partial charge in [-0.15, -0.1) is 0 Å². The van der Waals surface area contributed by atoms with Gasteiger partial charge in [-0.3, -0.25) is 0 Å². The molecule has 0 aliphatic carbocycles. The van der Waals surface area contributed by atoms with E-state index in [1.807, 2.05) is 0 Å². The second-order valence-electron chi connectivity index (χ2n) is 6.48. The molecule has 0 unspecified atom stereocenters. The minimum absolute atomic E-state index is 0.0427. The first-order valence-electron chi connectivity index (χ1n) is 8.67.